The third kappa shape index (κ3) is 7.45. The molecule has 3 aromatic carbocycles. The summed E-state index contributed by atoms with van der Waals surface area (Å²) in [5, 5.41) is 8.02. The summed E-state index contributed by atoms with van der Waals surface area (Å²) in [5.74, 6) is 0.616. The number of nitrogens with zero attached hydrogens (tertiary/aromatic N) is 1. The maximum Gasteiger partial charge on any atom is 0.130 e. The number of pyridine rings is 1. The van der Waals surface area contributed by atoms with Crippen molar-refractivity contribution in [1.82, 2.24) is 15.6 Å². The topological polar surface area (TPSA) is 37.0 Å². The fourth-order valence-electron chi connectivity index (χ4n) is 5.67. The Hall–Kier alpha value is -2.86. The van der Waals surface area contributed by atoms with E-state index in [0.29, 0.717) is 12.1 Å². The highest BCUT2D eigenvalue weighted by Gasteiger charge is 2.14. The lowest BCUT2D eigenvalue weighted by molar-refractivity contribution is 0.354. The maximum atomic E-state index is 15.0. The van der Waals surface area contributed by atoms with Crippen LogP contribution in [0.2, 0.25) is 0 Å². The number of fused-ring (bicyclic) bond motifs is 1. The number of rotatable bonds is 10. The Balaban J connectivity index is 1.21. The molecule has 0 spiro atoms. The molecule has 1 aliphatic heterocycles. The first-order valence-electron chi connectivity index (χ1n) is 14.5. The molecule has 3 nitrogen and oxygen atoms in total. The van der Waals surface area contributed by atoms with Gasteiger partial charge in [0.05, 0.1) is 5.52 Å². The van der Waals surface area contributed by atoms with Crippen molar-refractivity contribution in [3.8, 4) is 0 Å². The summed E-state index contributed by atoms with van der Waals surface area (Å²) >= 11 is 3.55. The van der Waals surface area contributed by atoms with Crippen molar-refractivity contribution in [2.24, 2.45) is 5.92 Å². The second-order valence-electron chi connectivity index (χ2n) is 11.1. The molecule has 5 rings (SSSR count). The predicted molar refractivity (Wildman–Crippen MR) is 170 cm³/mol. The van der Waals surface area contributed by atoms with E-state index in [4.69, 9.17) is 0 Å². The van der Waals surface area contributed by atoms with Gasteiger partial charge in [-0.05, 0) is 141 Å². The first-order chi connectivity index (χ1) is 19.5. The van der Waals surface area contributed by atoms with Crippen LogP contribution in [0.4, 0.5) is 4.39 Å². The SMILES string of the molecule is Cc1ccc(Br)cc1CCNCc1ccc(/C=C\c2ccnc3cc(CCC4CCNCC4)c(C)cc23)c(F)c1. The standard InChI is InChI=1S/C35H39BrFN3/c1-24-3-10-32(36)21-31(24)13-17-39-23-27-5-6-29(34(37)20-27)9-8-28-14-18-40-35-22-30(25(2)19-33(28)35)7-4-26-11-15-38-16-12-26/h3,5-6,8-10,14,18-22,26,38-39H,4,7,11-13,15-17,23H2,1-2H3/b9-8-. The third-order valence-corrected chi connectivity index (χ3v) is 8.73. The first-order valence-corrected chi connectivity index (χ1v) is 15.3. The minimum atomic E-state index is -0.201. The second-order valence-corrected chi connectivity index (χ2v) is 12.0. The lowest BCUT2D eigenvalue weighted by Crippen LogP contribution is -2.27. The van der Waals surface area contributed by atoms with Gasteiger partial charge in [-0.15, -0.1) is 0 Å². The van der Waals surface area contributed by atoms with Crippen LogP contribution >= 0.6 is 15.9 Å². The smallest absolute Gasteiger partial charge is 0.130 e. The number of benzene rings is 3. The van der Waals surface area contributed by atoms with Crippen LogP contribution in [-0.4, -0.2) is 24.6 Å². The Morgan fingerprint density at radius 3 is 2.55 bits per heavy atom. The van der Waals surface area contributed by atoms with Crippen LogP contribution in [-0.2, 0) is 19.4 Å². The van der Waals surface area contributed by atoms with Crippen LogP contribution in [0.3, 0.4) is 0 Å². The maximum absolute atomic E-state index is 15.0. The van der Waals surface area contributed by atoms with E-state index in [-0.39, 0.29) is 5.82 Å². The van der Waals surface area contributed by atoms with Crippen molar-refractivity contribution in [1.29, 1.82) is 0 Å². The molecule has 1 fully saturated rings. The lowest BCUT2D eigenvalue weighted by Gasteiger charge is -2.22. The van der Waals surface area contributed by atoms with Crippen LogP contribution < -0.4 is 10.6 Å². The predicted octanol–water partition coefficient (Wildman–Crippen LogP) is 8.19. The molecule has 0 unspecified atom stereocenters. The minimum Gasteiger partial charge on any atom is -0.317 e. The average molecular weight is 601 g/mol. The highest BCUT2D eigenvalue weighted by Crippen LogP contribution is 2.26. The normalized spacial score (nSPS) is 14.4. The molecule has 1 saturated heterocycles. The monoisotopic (exact) mass is 599 g/mol. The fourth-order valence-corrected chi connectivity index (χ4v) is 6.08. The molecule has 2 N–H and O–H groups in total. The molecular weight excluding hydrogens is 561 g/mol. The zero-order chi connectivity index (χ0) is 27.9. The van der Waals surface area contributed by atoms with Crippen molar-refractivity contribution < 1.29 is 4.39 Å². The molecule has 1 aliphatic rings. The van der Waals surface area contributed by atoms with E-state index >= 15 is 0 Å². The van der Waals surface area contributed by atoms with Crippen LogP contribution in [0.25, 0.3) is 23.1 Å². The third-order valence-electron chi connectivity index (χ3n) is 8.23. The van der Waals surface area contributed by atoms with E-state index in [9.17, 15) is 4.39 Å². The molecule has 0 saturated carbocycles. The van der Waals surface area contributed by atoms with Crippen molar-refractivity contribution >= 4 is 39.0 Å². The number of piperidine rings is 1. The molecule has 0 radical (unpaired) electrons. The zero-order valence-electron chi connectivity index (χ0n) is 23.6. The van der Waals surface area contributed by atoms with Crippen LogP contribution in [0.15, 0.2) is 65.3 Å². The Kier molecular flexibility index (Phi) is 9.79. The zero-order valence-corrected chi connectivity index (χ0v) is 25.2. The van der Waals surface area contributed by atoms with Crippen molar-refractivity contribution in [2.45, 2.75) is 52.5 Å². The summed E-state index contributed by atoms with van der Waals surface area (Å²) in [5.41, 5.74) is 8.91. The molecule has 0 amide bonds. The van der Waals surface area contributed by atoms with Crippen LogP contribution in [0.1, 0.15) is 58.2 Å². The molecule has 5 heteroatoms. The molecule has 0 atom stereocenters. The molecule has 40 heavy (non-hydrogen) atoms. The summed E-state index contributed by atoms with van der Waals surface area (Å²) in [6.45, 7) is 8.10. The first kappa shape index (κ1) is 28.7. The highest BCUT2D eigenvalue weighted by molar-refractivity contribution is 9.10. The summed E-state index contributed by atoms with van der Waals surface area (Å²) in [7, 11) is 0. The number of hydrogen-bond donors (Lipinski definition) is 2. The van der Waals surface area contributed by atoms with E-state index in [0.717, 1.165) is 64.9 Å². The highest BCUT2D eigenvalue weighted by atomic mass is 79.9. The van der Waals surface area contributed by atoms with Gasteiger partial charge in [0, 0.05) is 28.2 Å². The molecule has 4 aromatic rings. The van der Waals surface area contributed by atoms with Crippen LogP contribution in [0.5, 0.6) is 0 Å². The van der Waals surface area contributed by atoms with Gasteiger partial charge < -0.3 is 10.6 Å². The van der Waals surface area contributed by atoms with E-state index in [1.807, 2.05) is 36.5 Å². The van der Waals surface area contributed by atoms with Gasteiger partial charge in [0.25, 0.3) is 0 Å². The molecule has 1 aromatic heterocycles. The largest absolute Gasteiger partial charge is 0.317 e. The molecule has 0 aliphatic carbocycles. The Morgan fingerprint density at radius 1 is 0.925 bits per heavy atom. The number of hydrogen-bond acceptors (Lipinski definition) is 3. The Morgan fingerprint density at radius 2 is 1.73 bits per heavy atom. The van der Waals surface area contributed by atoms with E-state index in [1.165, 1.54) is 41.5 Å². The molecule has 0 bridgehead atoms. The van der Waals surface area contributed by atoms with Crippen molar-refractivity contribution in [3.05, 3.63) is 110 Å². The van der Waals surface area contributed by atoms with Gasteiger partial charge in [-0.2, -0.15) is 0 Å². The average Bonchev–Trinajstić information content (AvgIpc) is 2.96. The summed E-state index contributed by atoms with van der Waals surface area (Å²) in [4.78, 5) is 4.66. The minimum absolute atomic E-state index is 0.201. The van der Waals surface area contributed by atoms with E-state index < -0.39 is 0 Å². The number of aromatic nitrogens is 1. The summed E-state index contributed by atoms with van der Waals surface area (Å²) < 4.78 is 16.1. The van der Waals surface area contributed by atoms with Gasteiger partial charge in [-0.1, -0.05) is 46.3 Å². The van der Waals surface area contributed by atoms with Crippen molar-refractivity contribution in [2.75, 3.05) is 19.6 Å². The quantitative estimate of drug-likeness (QED) is 0.180. The van der Waals surface area contributed by atoms with E-state index in [2.05, 4.69) is 75.7 Å². The molecular formula is C35H39BrFN3. The number of aryl methyl sites for hydroxylation is 3. The van der Waals surface area contributed by atoms with Gasteiger partial charge in [-0.25, -0.2) is 4.39 Å². The van der Waals surface area contributed by atoms with Gasteiger partial charge in [0.2, 0.25) is 0 Å². The van der Waals surface area contributed by atoms with Gasteiger partial charge in [0.1, 0.15) is 5.82 Å². The second kappa shape index (κ2) is 13.7. The van der Waals surface area contributed by atoms with Gasteiger partial charge in [0.15, 0.2) is 0 Å². The Bertz CT molecular complexity index is 1490. The number of nitrogens with one attached hydrogen (secondary N) is 2. The van der Waals surface area contributed by atoms with Crippen molar-refractivity contribution in [3.63, 3.8) is 0 Å². The molecule has 2 heterocycles. The summed E-state index contributed by atoms with van der Waals surface area (Å²) in [6, 6.07) is 18.4. The number of halogens is 2. The van der Waals surface area contributed by atoms with E-state index in [1.54, 1.807) is 6.07 Å². The Labute approximate surface area is 246 Å². The lowest BCUT2D eigenvalue weighted by atomic mass is 9.89. The van der Waals surface area contributed by atoms with Gasteiger partial charge in [-0.3, -0.25) is 4.98 Å². The van der Waals surface area contributed by atoms with Gasteiger partial charge >= 0.3 is 0 Å². The fraction of sp³-hybridized carbons (Fsp3) is 0.343. The molecule has 208 valence electrons. The van der Waals surface area contributed by atoms with Crippen LogP contribution in [0, 0.1) is 25.6 Å². The summed E-state index contributed by atoms with van der Waals surface area (Å²) in [6.07, 6.45) is 11.6.